The summed E-state index contributed by atoms with van der Waals surface area (Å²) in [6.45, 7) is 0.199. The number of hydrogen-bond donors (Lipinski definition) is 1. The van der Waals surface area contributed by atoms with Gasteiger partial charge in [-0.3, -0.25) is 4.79 Å². The van der Waals surface area contributed by atoms with Gasteiger partial charge in [0.15, 0.2) is 0 Å². The molecule has 0 aliphatic rings. The van der Waals surface area contributed by atoms with Crippen molar-refractivity contribution in [3.05, 3.63) is 77.8 Å². The van der Waals surface area contributed by atoms with E-state index >= 15 is 0 Å². The Morgan fingerprint density at radius 1 is 1.30 bits per heavy atom. The van der Waals surface area contributed by atoms with E-state index in [1.54, 1.807) is 30.5 Å². The zero-order valence-corrected chi connectivity index (χ0v) is 12.0. The van der Waals surface area contributed by atoms with Crippen molar-refractivity contribution in [2.75, 3.05) is 0 Å². The molecule has 6 heteroatoms. The van der Waals surface area contributed by atoms with E-state index in [2.05, 4.69) is 5.32 Å². The molecule has 0 unspecified atom stereocenters. The lowest BCUT2D eigenvalue weighted by Crippen LogP contribution is -2.25. The molecule has 0 saturated carbocycles. The van der Waals surface area contributed by atoms with Crippen LogP contribution >= 0.6 is 0 Å². The quantitative estimate of drug-likeness (QED) is 0.805. The fraction of sp³-hybridized carbons (Fsp3) is 0.0588. The molecule has 2 heterocycles. The molecule has 23 heavy (non-hydrogen) atoms. The largest absolute Gasteiger partial charge is 0.467 e. The Balaban J connectivity index is 1.92. The predicted octanol–water partition coefficient (Wildman–Crippen LogP) is 3.01. The topological polar surface area (TPSA) is 71.0 Å². The van der Waals surface area contributed by atoms with Gasteiger partial charge in [-0.1, -0.05) is 6.07 Å². The molecule has 3 rings (SSSR count). The van der Waals surface area contributed by atoms with E-state index < -0.39 is 11.7 Å². The number of carbonyl (C=O) groups excluding carboxylic acids is 1. The van der Waals surface area contributed by atoms with Crippen molar-refractivity contribution in [1.82, 2.24) is 9.88 Å². The average Bonchev–Trinajstić information content (AvgIpc) is 3.21. The molecule has 3 aromatic rings. The van der Waals surface area contributed by atoms with Crippen molar-refractivity contribution in [2.24, 2.45) is 0 Å². The standard InChI is InChI=1S/C17H12FN3O2/c18-13-3-1-4-14(9-13)21-7-6-12(10-19)16(21)17(22)20-11-15-5-2-8-23-15/h1-9H,11H2,(H,20,22). The summed E-state index contributed by atoms with van der Waals surface area (Å²) in [6.07, 6.45) is 3.08. The van der Waals surface area contributed by atoms with Crippen LogP contribution < -0.4 is 5.32 Å². The number of rotatable bonds is 4. The number of carbonyl (C=O) groups is 1. The molecule has 114 valence electrons. The van der Waals surface area contributed by atoms with E-state index in [1.807, 2.05) is 6.07 Å². The van der Waals surface area contributed by atoms with Crippen LogP contribution in [0.3, 0.4) is 0 Å². The van der Waals surface area contributed by atoms with Crippen molar-refractivity contribution in [3.63, 3.8) is 0 Å². The van der Waals surface area contributed by atoms with Gasteiger partial charge in [-0.25, -0.2) is 4.39 Å². The third-order valence-corrected chi connectivity index (χ3v) is 3.31. The highest BCUT2D eigenvalue weighted by Crippen LogP contribution is 2.18. The van der Waals surface area contributed by atoms with Crippen LogP contribution in [0.15, 0.2) is 59.3 Å². The molecule has 0 aliphatic heterocycles. The molecule has 0 aliphatic carbocycles. The van der Waals surface area contributed by atoms with Gasteiger partial charge in [0.05, 0.1) is 18.4 Å². The van der Waals surface area contributed by atoms with Crippen LogP contribution in [0, 0.1) is 17.1 Å². The van der Waals surface area contributed by atoms with Crippen LogP contribution in [0.25, 0.3) is 5.69 Å². The first-order chi connectivity index (χ1) is 11.2. The molecule has 1 amide bonds. The summed E-state index contributed by atoms with van der Waals surface area (Å²) in [4.78, 5) is 12.4. The molecular weight excluding hydrogens is 297 g/mol. The maximum atomic E-state index is 13.4. The first kappa shape index (κ1) is 14.6. The fourth-order valence-corrected chi connectivity index (χ4v) is 2.26. The predicted molar refractivity (Wildman–Crippen MR) is 80.3 cm³/mol. The maximum Gasteiger partial charge on any atom is 0.270 e. The molecule has 0 spiro atoms. The van der Waals surface area contributed by atoms with Gasteiger partial charge in [0.25, 0.3) is 5.91 Å². The zero-order chi connectivity index (χ0) is 16.2. The summed E-state index contributed by atoms with van der Waals surface area (Å²) < 4.78 is 20.1. The fourth-order valence-electron chi connectivity index (χ4n) is 2.26. The van der Waals surface area contributed by atoms with Gasteiger partial charge in [0.1, 0.15) is 23.3 Å². The van der Waals surface area contributed by atoms with Crippen molar-refractivity contribution in [3.8, 4) is 11.8 Å². The smallest absolute Gasteiger partial charge is 0.270 e. The summed E-state index contributed by atoms with van der Waals surface area (Å²) in [5.41, 5.74) is 0.838. The number of nitriles is 1. The Kier molecular flexibility index (Phi) is 3.93. The summed E-state index contributed by atoms with van der Waals surface area (Å²) >= 11 is 0. The van der Waals surface area contributed by atoms with Gasteiger partial charge in [-0.05, 0) is 36.4 Å². The Morgan fingerprint density at radius 3 is 2.87 bits per heavy atom. The molecule has 5 nitrogen and oxygen atoms in total. The number of nitrogens with one attached hydrogen (secondary N) is 1. The Bertz CT molecular complexity index is 876. The van der Waals surface area contributed by atoms with Crippen LogP contribution in [0.2, 0.25) is 0 Å². The highest BCUT2D eigenvalue weighted by atomic mass is 19.1. The lowest BCUT2D eigenvalue weighted by molar-refractivity contribution is 0.0941. The molecule has 0 saturated heterocycles. The van der Waals surface area contributed by atoms with Gasteiger partial charge in [0, 0.05) is 11.9 Å². The minimum absolute atomic E-state index is 0.157. The molecule has 0 bridgehead atoms. The third-order valence-electron chi connectivity index (χ3n) is 3.31. The van der Waals surface area contributed by atoms with Crippen LogP contribution in [0.1, 0.15) is 21.8 Å². The minimum Gasteiger partial charge on any atom is -0.467 e. The van der Waals surface area contributed by atoms with E-state index in [-0.39, 0.29) is 17.8 Å². The van der Waals surface area contributed by atoms with Crippen molar-refractivity contribution < 1.29 is 13.6 Å². The lowest BCUT2D eigenvalue weighted by Gasteiger charge is -2.10. The Morgan fingerprint density at radius 2 is 2.17 bits per heavy atom. The lowest BCUT2D eigenvalue weighted by atomic mass is 10.2. The second kappa shape index (κ2) is 6.20. The number of aromatic nitrogens is 1. The van der Waals surface area contributed by atoms with Crippen molar-refractivity contribution in [2.45, 2.75) is 6.54 Å². The van der Waals surface area contributed by atoms with Crippen molar-refractivity contribution >= 4 is 5.91 Å². The number of hydrogen-bond acceptors (Lipinski definition) is 3. The summed E-state index contributed by atoms with van der Waals surface area (Å²) in [5.74, 6) is -0.260. The first-order valence-electron chi connectivity index (χ1n) is 6.87. The van der Waals surface area contributed by atoms with Crippen LogP contribution in [0.4, 0.5) is 4.39 Å². The molecule has 2 aromatic heterocycles. The van der Waals surface area contributed by atoms with E-state index in [0.717, 1.165) is 0 Å². The van der Waals surface area contributed by atoms with E-state index in [4.69, 9.17) is 4.42 Å². The van der Waals surface area contributed by atoms with Gasteiger partial charge >= 0.3 is 0 Å². The number of nitrogens with zero attached hydrogens (tertiary/aromatic N) is 2. The van der Waals surface area contributed by atoms with Gasteiger partial charge in [-0.2, -0.15) is 5.26 Å². The average molecular weight is 309 g/mol. The normalized spacial score (nSPS) is 10.3. The number of halogens is 1. The summed E-state index contributed by atoms with van der Waals surface area (Å²) in [5, 5.41) is 11.9. The number of furan rings is 1. The summed E-state index contributed by atoms with van der Waals surface area (Å²) in [7, 11) is 0. The second-order valence-electron chi connectivity index (χ2n) is 4.80. The van der Waals surface area contributed by atoms with Crippen molar-refractivity contribution in [1.29, 1.82) is 5.26 Å². The van der Waals surface area contributed by atoms with Crippen LogP contribution in [0.5, 0.6) is 0 Å². The minimum atomic E-state index is -0.438. The van der Waals surface area contributed by atoms with E-state index in [1.165, 1.54) is 29.0 Å². The number of benzene rings is 1. The van der Waals surface area contributed by atoms with Crippen LogP contribution in [-0.2, 0) is 6.54 Å². The SMILES string of the molecule is N#Cc1ccn(-c2cccc(F)c2)c1C(=O)NCc1ccco1. The van der Waals surface area contributed by atoms with Gasteiger partial charge < -0.3 is 14.3 Å². The zero-order valence-electron chi connectivity index (χ0n) is 12.0. The highest BCUT2D eigenvalue weighted by Gasteiger charge is 2.18. The molecule has 0 radical (unpaired) electrons. The molecule has 1 aromatic carbocycles. The second-order valence-corrected chi connectivity index (χ2v) is 4.80. The third kappa shape index (κ3) is 2.99. The number of amides is 1. The van der Waals surface area contributed by atoms with Gasteiger partial charge in [-0.15, -0.1) is 0 Å². The van der Waals surface area contributed by atoms with Crippen LogP contribution in [-0.4, -0.2) is 10.5 Å². The monoisotopic (exact) mass is 309 g/mol. The molecular formula is C17H12FN3O2. The Labute approximate surface area is 131 Å². The Hall–Kier alpha value is -3.33. The first-order valence-corrected chi connectivity index (χ1v) is 6.87. The molecule has 0 fully saturated rings. The van der Waals surface area contributed by atoms with E-state index in [9.17, 15) is 14.4 Å². The molecule has 0 atom stereocenters. The highest BCUT2D eigenvalue weighted by molar-refractivity contribution is 5.95. The van der Waals surface area contributed by atoms with E-state index in [0.29, 0.717) is 11.4 Å². The summed E-state index contributed by atoms with van der Waals surface area (Å²) in [6, 6.07) is 12.8. The molecule has 1 N–H and O–H groups in total. The van der Waals surface area contributed by atoms with Gasteiger partial charge in [0.2, 0.25) is 0 Å². The maximum absolute atomic E-state index is 13.4.